The van der Waals surface area contributed by atoms with E-state index in [-0.39, 0.29) is 12.0 Å². The molecule has 1 atom stereocenters. The summed E-state index contributed by atoms with van der Waals surface area (Å²) in [5, 5.41) is 7.36. The Morgan fingerprint density at radius 3 is 2.62 bits per heavy atom. The van der Waals surface area contributed by atoms with Gasteiger partial charge in [0.1, 0.15) is 0 Å². The zero-order valence-electron chi connectivity index (χ0n) is 13.2. The smallest absolute Gasteiger partial charge is 0.337 e. The molecule has 0 spiro atoms. The van der Waals surface area contributed by atoms with Crippen LogP contribution in [-0.2, 0) is 19.1 Å². The summed E-state index contributed by atoms with van der Waals surface area (Å²) in [4.78, 5) is 28.1. The second kappa shape index (κ2) is 6.53. The Balaban J connectivity index is 2.00. The fourth-order valence-corrected chi connectivity index (χ4v) is 2.47. The number of ether oxygens (including phenoxy) is 2. The normalized spacial score (nSPS) is 15.8. The monoisotopic (exact) mass is 328 g/mol. The molecule has 1 unspecified atom stereocenters. The zero-order valence-corrected chi connectivity index (χ0v) is 13.2. The molecule has 1 aliphatic heterocycles. The number of nitrogens with one attached hydrogen (secondary N) is 1. The Kier molecular flexibility index (Phi) is 4.28. The molecule has 1 aliphatic rings. The number of methoxy groups -OCH3 is 2. The molecule has 8 heteroatoms. The van der Waals surface area contributed by atoms with Gasteiger partial charge in [0.05, 0.1) is 32.3 Å². The van der Waals surface area contributed by atoms with Gasteiger partial charge >= 0.3 is 11.9 Å². The van der Waals surface area contributed by atoms with Crippen molar-refractivity contribution >= 4 is 17.9 Å². The quantitative estimate of drug-likeness (QED) is 0.850. The van der Waals surface area contributed by atoms with Gasteiger partial charge in [-0.3, -0.25) is 4.79 Å². The third kappa shape index (κ3) is 2.85. The number of aromatic nitrogens is 3. The lowest BCUT2D eigenvalue weighted by Gasteiger charge is -2.23. The standard InChI is InChI=1S/C16H16N4O4/c1-23-13(21)8-12-11(15(22)24-2)9-17-16-18-14(19-20(12)16)10-6-4-3-5-7-10/h3-7,9,12H,8H2,1-2H3,(H,17,18,19). The highest BCUT2D eigenvalue weighted by Crippen LogP contribution is 2.31. The lowest BCUT2D eigenvalue weighted by Crippen LogP contribution is -2.28. The van der Waals surface area contributed by atoms with Crippen LogP contribution in [0.5, 0.6) is 0 Å². The number of nitrogens with zero attached hydrogens (tertiary/aromatic N) is 3. The Labute approximate surface area is 138 Å². The first-order valence-corrected chi connectivity index (χ1v) is 7.27. The first-order valence-electron chi connectivity index (χ1n) is 7.27. The summed E-state index contributed by atoms with van der Waals surface area (Å²) in [5.41, 5.74) is 1.11. The van der Waals surface area contributed by atoms with Crippen molar-refractivity contribution in [2.75, 3.05) is 19.5 Å². The second-order valence-corrected chi connectivity index (χ2v) is 5.10. The van der Waals surface area contributed by atoms with Gasteiger partial charge in [0, 0.05) is 11.8 Å². The molecule has 2 heterocycles. The number of carbonyl (C=O) groups is 2. The average molecular weight is 328 g/mol. The molecule has 0 radical (unpaired) electrons. The molecular weight excluding hydrogens is 312 g/mol. The lowest BCUT2D eigenvalue weighted by molar-refractivity contribution is -0.141. The maximum Gasteiger partial charge on any atom is 0.337 e. The summed E-state index contributed by atoms with van der Waals surface area (Å²) in [7, 11) is 2.58. The van der Waals surface area contributed by atoms with E-state index in [1.807, 2.05) is 30.3 Å². The van der Waals surface area contributed by atoms with E-state index >= 15 is 0 Å². The Bertz CT molecular complexity index is 798. The van der Waals surface area contributed by atoms with Gasteiger partial charge in [-0.1, -0.05) is 30.3 Å². The molecule has 0 saturated heterocycles. The number of hydrogen-bond acceptors (Lipinski definition) is 7. The van der Waals surface area contributed by atoms with Crippen molar-refractivity contribution in [2.24, 2.45) is 0 Å². The highest BCUT2D eigenvalue weighted by atomic mass is 16.5. The van der Waals surface area contributed by atoms with E-state index in [1.165, 1.54) is 25.1 Å². The van der Waals surface area contributed by atoms with Gasteiger partial charge < -0.3 is 14.8 Å². The predicted octanol–water partition coefficient (Wildman–Crippen LogP) is 1.53. The molecule has 24 heavy (non-hydrogen) atoms. The molecule has 0 aliphatic carbocycles. The maximum absolute atomic E-state index is 12.0. The maximum atomic E-state index is 12.0. The fourth-order valence-electron chi connectivity index (χ4n) is 2.47. The van der Waals surface area contributed by atoms with Crippen molar-refractivity contribution in [3.8, 4) is 11.4 Å². The van der Waals surface area contributed by atoms with Crippen molar-refractivity contribution in [1.29, 1.82) is 0 Å². The minimum absolute atomic E-state index is 0.0519. The van der Waals surface area contributed by atoms with Crippen molar-refractivity contribution in [3.63, 3.8) is 0 Å². The summed E-state index contributed by atoms with van der Waals surface area (Å²) < 4.78 is 11.0. The van der Waals surface area contributed by atoms with E-state index in [9.17, 15) is 9.59 Å². The van der Waals surface area contributed by atoms with Crippen LogP contribution in [0, 0.1) is 0 Å². The molecule has 1 aromatic carbocycles. The van der Waals surface area contributed by atoms with Gasteiger partial charge in [-0.2, -0.15) is 4.98 Å². The molecule has 3 rings (SSSR count). The minimum atomic E-state index is -0.647. The number of benzene rings is 1. The first-order chi connectivity index (χ1) is 11.6. The molecule has 0 fully saturated rings. The van der Waals surface area contributed by atoms with Crippen LogP contribution in [-0.4, -0.2) is 40.9 Å². The number of hydrogen-bond donors (Lipinski definition) is 1. The van der Waals surface area contributed by atoms with Crippen LogP contribution >= 0.6 is 0 Å². The zero-order chi connectivity index (χ0) is 17.1. The lowest BCUT2D eigenvalue weighted by atomic mass is 10.0. The number of anilines is 1. The van der Waals surface area contributed by atoms with Crippen LogP contribution in [0.2, 0.25) is 0 Å². The molecule has 1 aromatic heterocycles. The summed E-state index contributed by atoms with van der Waals surface area (Å²) >= 11 is 0. The van der Waals surface area contributed by atoms with E-state index in [0.29, 0.717) is 11.8 Å². The second-order valence-electron chi connectivity index (χ2n) is 5.10. The van der Waals surface area contributed by atoms with Gasteiger partial charge in [-0.25, -0.2) is 9.48 Å². The van der Waals surface area contributed by atoms with Crippen molar-refractivity contribution < 1.29 is 19.1 Å². The summed E-state index contributed by atoms with van der Waals surface area (Å²) in [5.74, 6) is -0.0684. The van der Waals surface area contributed by atoms with Gasteiger partial charge in [-0.15, -0.1) is 5.10 Å². The van der Waals surface area contributed by atoms with E-state index in [1.54, 1.807) is 0 Å². The van der Waals surface area contributed by atoms with Gasteiger partial charge in [-0.05, 0) is 0 Å². The topological polar surface area (TPSA) is 95.3 Å². The molecule has 0 bridgehead atoms. The van der Waals surface area contributed by atoms with E-state index in [4.69, 9.17) is 9.47 Å². The van der Waals surface area contributed by atoms with Crippen LogP contribution in [0.1, 0.15) is 12.5 Å². The third-order valence-corrected chi connectivity index (χ3v) is 3.68. The van der Waals surface area contributed by atoms with Gasteiger partial charge in [0.2, 0.25) is 5.95 Å². The van der Waals surface area contributed by atoms with Crippen LogP contribution in [0.25, 0.3) is 11.4 Å². The molecule has 1 N–H and O–H groups in total. The van der Waals surface area contributed by atoms with E-state index < -0.39 is 18.0 Å². The predicted molar refractivity (Wildman–Crippen MR) is 84.8 cm³/mol. The minimum Gasteiger partial charge on any atom is -0.469 e. The Morgan fingerprint density at radius 1 is 1.21 bits per heavy atom. The highest BCUT2D eigenvalue weighted by molar-refractivity contribution is 5.91. The van der Waals surface area contributed by atoms with Crippen LogP contribution in [0.15, 0.2) is 42.1 Å². The van der Waals surface area contributed by atoms with Crippen LogP contribution in [0.4, 0.5) is 5.95 Å². The number of rotatable bonds is 4. The first kappa shape index (κ1) is 15.7. The van der Waals surface area contributed by atoms with Crippen LogP contribution in [0.3, 0.4) is 0 Å². The summed E-state index contributed by atoms with van der Waals surface area (Å²) in [6.45, 7) is 0. The van der Waals surface area contributed by atoms with Gasteiger partial charge in [0.25, 0.3) is 0 Å². The molecule has 8 nitrogen and oxygen atoms in total. The molecule has 2 aromatic rings. The average Bonchev–Trinajstić information content (AvgIpc) is 3.06. The summed E-state index contributed by atoms with van der Waals surface area (Å²) in [6, 6.07) is 8.77. The van der Waals surface area contributed by atoms with Crippen LogP contribution < -0.4 is 5.32 Å². The Morgan fingerprint density at radius 2 is 1.96 bits per heavy atom. The molecule has 0 amide bonds. The molecule has 0 saturated carbocycles. The highest BCUT2D eigenvalue weighted by Gasteiger charge is 2.33. The number of fused-ring (bicyclic) bond motifs is 1. The molecular formula is C16H16N4O4. The summed E-state index contributed by atoms with van der Waals surface area (Å²) in [6.07, 6.45) is 1.43. The number of carbonyl (C=O) groups excluding carboxylic acids is 2. The third-order valence-electron chi connectivity index (χ3n) is 3.68. The largest absolute Gasteiger partial charge is 0.469 e. The Hall–Kier alpha value is -3.16. The van der Waals surface area contributed by atoms with Crippen molar-refractivity contribution in [3.05, 3.63) is 42.1 Å². The van der Waals surface area contributed by atoms with E-state index in [2.05, 4.69) is 15.4 Å². The molecule has 124 valence electrons. The number of esters is 2. The SMILES string of the molecule is COC(=O)CC1C(C(=O)OC)=CNc2nc(-c3ccccc3)nn21. The van der Waals surface area contributed by atoms with Gasteiger partial charge in [0.15, 0.2) is 5.82 Å². The van der Waals surface area contributed by atoms with Crippen molar-refractivity contribution in [2.45, 2.75) is 12.5 Å². The van der Waals surface area contributed by atoms with Crippen molar-refractivity contribution in [1.82, 2.24) is 14.8 Å². The fraction of sp³-hybridized carbons (Fsp3) is 0.250. The van der Waals surface area contributed by atoms with E-state index in [0.717, 1.165) is 5.56 Å².